The maximum Gasteiger partial charge on any atom is 0.224 e. The van der Waals surface area contributed by atoms with Crippen LogP contribution in [0, 0.1) is 18.7 Å². The maximum atomic E-state index is 13.6. The Morgan fingerprint density at radius 2 is 1.88 bits per heavy atom. The molecule has 1 saturated carbocycles. The molecule has 1 aromatic rings. The van der Waals surface area contributed by atoms with E-state index in [0.717, 1.165) is 17.9 Å². The lowest BCUT2D eigenvalue weighted by molar-refractivity contribution is -0.124. The van der Waals surface area contributed by atoms with E-state index in [1.807, 2.05) is 6.92 Å². The lowest BCUT2D eigenvalue weighted by Gasteiger charge is -2.10. The second-order valence-electron chi connectivity index (χ2n) is 6.67. The third-order valence-electron chi connectivity index (χ3n) is 4.56. The first kappa shape index (κ1) is 18.4. The molecule has 2 rings (SSSR count). The van der Waals surface area contributed by atoms with E-state index in [9.17, 15) is 14.0 Å². The largest absolute Gasteiger partial charge is 0.356 e. The van der Waals surface area contributed by atoms with Gasteiger partial charge in [-0.1, -0.05) is 31.7 Å². The van der Waals surface area contributed by atoms with E-state index in [1.165, 1.54) is 38.2 Å². The summed E-state index contributed by atoms with van der Waals surface area (Å²) in [5, 5.41) is 5.37. The van der Waals surface area contributed by atoms with Crippen molar-refractivity contribution >= 4 is 17.5 Å². The smallest absolute Gasteiger partial charge is 0.224 e. The number of aryl methyl sites for hydroxylation is 1. The molecule has 1 aromatic carbocycles. The molecule has 0 aromatic heterocycles. The molecular weight excluding hydrogens is 307 g/mol. The van der Waals surface area contributed by atoms with Gasteiger partial charge in [0.1, 0.15) is 5.82 Å². The minimum atomic E-state index is -0.467. The van der Waals surface area contributed by atoms with Gasteiger partial charge < -0.3 is 10.6 Å². The van der Waals surface area contributed by atoms with Crippen molar-refractivity contribution in [1.29, 1.82) is 0 Å². The number of carbonyl (C=O) groups excluding carboxylic acids is 2. The minimum Gasteiger partial charge on any atom is -0.356 e. The molecule has 0 radical (unpaired) electrons. The zero-order valence-corrected chi connectivity index (χ0v) is 14.4. The van der Waals surface area contributed by atoms with E-state index >= 15 is 0 Å². The molecule has 5 heteroatoms. The highest BCUT2D eigenvalue weighted by Crippen LogP contribution is 2.28. The number of hydrogen-bond donors (Lipinski definition) is 2. The van der Waals surface area contributed by atoms with Crippen LogP contribution in [0.15, 0.2) is 18.2 Å². The lowest BCUT2D eigenvalue weighted by Crippen LogP contribution is -2.26. The Kier molecular flexibility index (Phi) is 7.22. The Bertz CT molecular complexity index is 568. The molecule has 1 fully saturated rings. The summed E-state index contributed by atoms with van der Waals surface area (Å²) in [6.07, 6.45) is 7.68. The molecule has 2 amide bonds. The van der Waals surface area contributed by atoms with Crippen molar-refractivity contribution in [3.05, 3.63) is 29.6 Å². The summed E-state index contributed by atoms with van der Waals surface area (Å²) < 4.78 is 13.6. The fraction of sp³-hybridized carbons (Fsp3) is 0.579. The van der Waals surface area contributed by atoms with Crippen LogP contribution in [0.25, 0.3) is 0 Å². The van der Waals surface area contributed by atoms with Crippen molar-refractivity contribution in [2.75, 3.05) is 11.9 Å². The van der Waals surface area contributed by atoms with Gasteiger partial charge in [0.15, 0.2) is 0 Å². The van der Waals surface area contributed by atoms with Crippen molar-refractivity contribution in [3.8, 4) is 0 Å². The highest BCUT2D eigenvalue weighted by atomic mass is 19.1. The van der Waals surface area contributed by atoms with Gasteiger partial charge in [-0.3, -0.25) is 9.59 Å². The van der Waals surface area contributed by atoms with Crippen LogP contribution in [0.3, 0.4) is 0 Å². The molecule has 0 spiro atoms. The molecule has 0 unspecified atom stereocenters. The fourth-order valence-electron chi connectivity index (χ4n) is 3.18. The first-order valence-electron chi connectivity index (χ1n) is 8.87. The zero-order valence-electron chi connectivity index (χ0n) is 14.4. The van der Waals surface area contributed by atoms with E-state index in [-0.39, 0.29) is 30.3 Å². The third-order valence-corrected chi connectivity index (χ3v) is 4.56. The predicted molar refractivity (Wildman–Crippen MR) is 93.2 cm³/mol. The molecule has 1 aliphatic rings. The van der Waals surface area contributed by atoms with Gasteiger partial charge in [0.25, 0.3) is 0 Å². The highest BCUT2D eigenvalue weighted by molar-refractivity contribution is 5.93. The monoisotopic (exact) mass is 334 g/mol. The van der Waals surface area contributed by atoms with Gasteiger partial charge in [-0.15, -0.1) is 0 Å². The fourth-order valence-corrected chi connectivity index (χ4v) is 3.18. The molecule has 0 bridgehead atoms. The summed E-state index contributed by atoms with van der Waals surface area (Å²) in [5.74, 6) is -0.107. The van der Waals surface area contributed by atoms with Gasteiger partial charge in [0, 0.05) is 19.4 Å². The number of anilines is 1. The van der Waals surface area contributed by atoms with E-state index in [0.29, 0.717) is 6.54 Å². The van der Waals surface area contributed by atoms with Crippen LogP contribution >= 0.6 is 0 Å². The van der Waals surface area contributed by atoms with Crippen LogP contribution in [-0.4, -0.2) is 18.4 Å². The summed E-state index contributed by atoms with van der Waals surface area (Å²) in [5.41, 5.74) is 1.03. The Morgan fingerprint density at radius 3 is 2.62 bits per heavy atom. The normalized spacial score (nSPS) is 14.6. The quantitative estimate of drug-likeness (QED) is 0.708. The second-order valence-corrected chi connectivity index (χ2v) is 6.67. The van der Waals surface area contributed by atoms with Crippen molar-refractivity contribution < 1.29 is 14.0 Å². The average molecular weight is 334 g/mol. The first-order chi connectivity index (χ1) is 11.5. The molecule has 132 valence electrons. The number of halogens is 1. The zero-order chi connectivity index (χ0) is 17.4. The summed E-state index contributed by atoms with van der Waals surface area (Å²) in [6, 6.07) is 4.54. The number of amides is 2. The Labute approximate surface area is 143 Å². The van der Waals surface area contributed by atoms with Crippen LogP contribution in [-0.2, 0) is 9.59 Å². The third kappa shape index (κ3) is 6.30. The number of hydrogen-bond acceptors (Lipinski definition) is 2. The molecule has 24 heavy (non-hydrogen) atoms. The van der Waals surface area contributed by atoms with Gasteiger partial charge >= 0.3 is 0 Å². The molecule has 2 N–H and O–H groups in total. The summed E-state index contributed by atoms with van der Waals surface area (Å²) in [4.78, 5) is 23.6. The van der Waals surface area contributed by atoms with Gasteiger partial charge in [-0.05, 0) is 43.4 Å². The number of nitrogens with one attached hydrogen (secondary N) is 2. The average Bonchev–Trinajstić information content (AvgIpc) is 3.06. The Balaban J connectivity index is 1.60. The molecule has 1 aliphatic carbocycles. The topological polar surface area (TPSA) is 58.2 Å². The molecule has 0 saturated heterocycles. The molecule has 0 atom stereocenters. The minimum absolute atomic E-state index is 0.0574. The van der Waals surface area contributed by atoms with Crippen LogP contribution in [0.2, 0.25) is 0 Å². The van der Waals surface area contributed by atoms with Crippen LogP contribution in [0.4, 0.5) is 10.1 Å². The number of rotatable bonds is 8. The molecule has 0 aliphatic heterocycles. The highest BCUT2D eigenvalue weighted by Gasteiger charge is 2.14. The maximum absolute atomic E-state index is 13.6. The van der Waals surface area contributed by atoms with Gasteiger partial charge in [-0.2, -0.15) is 0 Å². The van der Waals surface area contributed by atoms with E-state index in [4.69, 9.17) is 0 Å². The lowest BCUT2D eigenvalue weighted by atomic mass is 10.0. The predicted octanol–water partition coefficient (Wildman–Crippen LogP) is 3.94. The van der Waals surface area contributed by atoms with E-state index < -0.39 is 5.82 Å². The second kappa shape index (κ2) is 9.40. The van der Waals surface area contributed by atoms with Crippen molar-refractivity contribution in [1.82, 2.24) is 5.32 Å². The van der Waals surface area contributed by atoms with E-state index in [1.54, 1.807) is 12.1 Å². The van der Waals surface area contributed by atoms with E-state index in [2.05, 4.69) is 10.6 Å². The van der Waals surface area contributed by atoms with Crippen LogP contribution < -0.4 is 10.6 Å². The molecule has 4 nitrogen and oxygen atoms in total. The van der Waals surface area contributed by atoms with Gasteiger partial charge in [0.2, 0.25) is 11.8 Å². The molecule has 0 heterocycles. The summed E-state index contributed by atoms with van der Waals surface area (Å²) in [6.45, 7) is 2.50. The number of benzene rings is 1. The van der Waals surface area contributed by atoms with Gasteiger partial charge in [-0.25, -0.2) is 4.39 Å². The van der Waals surface area contributed by atoms with Crippen molar-refractivity contribution in [2.24, 2.45) is 5.92 Å². The number of carbonyl (C=O) groups is 2. The van der Waals surface area contributed by atoms with Crippen molar-refractivity contribution in [2.45, 2.75) is 58.3 Å². The standard InChI is InChI=1S/C19H27FN2O2/c1-14-8-9-16(20)17(13-14)22-19(24)11-10-18(23)21-12-4-7-15-5-2-3-6-15/h8-9,13,15H,2-7,10-12H2,1H3,(H,21,23)(H,22,24). The van der Waals surface area contributed by atoms with Crippen LogP contribution in [0.1, 0.15) is 56.9 Å². The van der Waals surface area contributed by atoms with Crippen LogP contribution in [0.5, 0.6) is 0 Å². The van der Waals surface area contributed by atoms with Crippen molar-refractivity contribution in [3.63, 3.8) is 0 Å². The molecular formula is C19H27FN2O2. The van der Waals surface area contributed by atoms with Gasteiger partial charge in [0.05, 0.1) is 5.69 Å². The SMILES string of the molecule is Cc1ccc(F)c(NC(=O)CCC(=O)NCCCC2CCCC2)c1. The Morgan fingerprint density at radius 1 is 1.17 bits per heavy atom. The summed E-state index contributed by atoms with van der Waals surface area (Å²) in [7, 11) is 0. The Hall–Kier alpha value is -1.91. The summed E-state index contributed by atoms with van der Waals surface area (Å²) >= 11 is 0. The first-order valence-corrected chi connectivity index (χ1v) is 8.87.